The molecule has 25 heavy (non-hydrogen) atoms. The molecule has 0 aromatic heterocycles. The summed E-state index contributed by atoms with van der Waals surface area (Å²) in [6, 6.07) is 3.01. The van der Waals surface area contributed by atoms with Crippen molar-refractivity contribution in [3.8, 4) is 11.5 Å². The van der Waals surface area contributed by atoms with Crippen LogP contribution in [0.3, 0.4) is 0 Å². The summed E-state index contributed by atoms with van der Waals surface area (Å²) >= 11 is 6.01. The molecule has 0 spiro atoms. The lowest BCUT2D eigenvalue weighted by Crippen LogP contribution is -2.38. The Kier molecular flexibility index (Phi) is 8.43. The molecule has 0 saturated heterocycles. The molecule has 0 saturated carbocycles. The number of amides is 1. The van der Waals surface area contributed by atoms with E-state index in [0.29, 0.717) is 35.2 Å². The molecule has 0 unspecified atom stereocenters. The summed E-state index contributed by atoms with van der Waals surface area (Å²) in [5.74, 6) is 0.188. The van der Waals surface area contributed by atoms with Crippen LogP contribution in [0.4, 0.5) is 5.69 Å². The van der Waals surface area contributed by atoms with Crippen molar-refractivity contribution in [2.45, 2.75) is 6.42 Å². The maximum absolute atomic E-state index is 12.3. The largest absolute Gasteiger partial charge is 0.495 e. The topological polar surface area (TPSA) is 94.2 Å². The van der Waals surface area contributed by atoms with Crippen molar-refractivity contribution in [2.75, 3.05) is 52.6 Å². The maximum Gasteiger partial charge on any atom is 0.239 e. The highest BCUT2D eigenvalue weighted by Gasteiger charge is 2.21. The number of nitrogens with one attached hydrogen (secondary N) is 1. The lowest BCUT2D eigenvalue weighted by molar-refractivity contribution is -0.116. The smallest absolute Gasteiger partial charge is 0.239 e. The zero-order valence-electron chi connectivity index (χ0n) is 14.7. The zero-order chi connectivity index (χ0) is 19.0. The first-order valence-electron chi connectivity index (χ1n) is 7.38. The Morgan fingerprint density at radius 3 is 2.36 bits per heavy atom. The van der Waals surface area contributed by atoms with E-state index in [0.717, 1.165) is 10.6 Å². The fourth-order valence-electron chi connectivity index (χ4n) is 2.06. The van der Waals surface area contributed by atoms with Gasteiger partial charge in [-0.25, -0.2) is 8.42 Å². The van der Waals surface area contributed by atoms with Crippen LogP contribution in [0.5, 0.6) is 11.5 Å². The van der Waals surface area contributed by atoms with E-state index in [2.05, 4.69) is 5.32 Å². The average Bonchev–Trinajstić information content (AvgIpc) is 2.54. The predicted molar refractivity (Wildman–Crippen MR) is 96.1 cm³/mol. The van der Waals surface area contributed by atoms with E-state index in [9.17, 15) is 13.2 Å². The Balaban J connectivity index is 2.89. The van der Waals surface area contributed by atoms with Crippen LogP contribution < -0.4 is 14.8 Å². The van der Waals surface area contributed by atoms with Crippen LogP contribution in [0.25, 0.3) is 0 Å². The number of anilines is 1. The van der Waals surface area contributed by atoms with Gasteiger partial charge in [0.25, 0.3) is 0 Å². The SMILES string of the molecule is COCCCN(CC(=O)Nc1cc(OC)c(Cl)cc1OC)S(C)(=O)=O. The first-order chi connectivity index (χ1) is 11.7. The van der Waals surface area contributed by atoms with Crippen LogP contribution >= 0.6 is 11.6 Å². The molecule has 1 aromatic rings. The maximum atomic E-state index is 12.3. The minimum Gasteiger partial charge on any atom is -0.495 e. The minimum absolute atomic E-state index is 0.182. The summed E-state index contributed by atoms with van der Waals surface area (Å²) in [6.45, 7) is 0.258. The zero-order valence-corrected chi connectivity index (χ0v) is 16.2. The van der Waals surface area contributed by atoms with E-state index < -0.39 is 15.9 Å². The Morgan fingerprint density at radius 1 is 1.20 bits per heavy atom. The summed E-state index contributed by atoms with van der Waals surface area (Å²) in [5.41, 5.74) is 0.332. The molecular weight excluding hydrogens is 372 g/mol. The quantitative estimate of drug-likeness (QED) is 0.606. The minimum atomic E-state index is -3.53. The second-order valence-corrected chi connectivity index (χ2v) is 7.57. The predicted octanol–water partition coefficient (Wildman–Crippen LogP) is 1.59. The van der Waals surface area contributed by atoms with E-state index in [-0.39, 0.29) is 13.1 Å². The summed E-state index contributed by atoms with van der Waals surface area (Å²) in [5, 5.41) is 2.94. The summed E-state index contributed by atoms with van der Waals surface area (Å²) < 4.78 is 39.9. The standard InChI is InChI=1S/C15H23ClN2O6S/c1-22-7-5-6-18(25(4,20)21)10-15(19)17-12-9-13(23-2)11(16)8-14(12)24-3/h8-9H,5-7,10H2,1-4H3,(H,17,19). The number of hydrogen-bond donors (Lipinski definition) is 1. The molecule has 0 bridgehead atoms. The second-order valence-electron chi connectivity index (χ2n) is 5.18. The van der Waals surface area contributed by atoms with Gasteiger partial charge in [-0.1, -0.05) is 11.6 Å². The van der Waals surface area contributed by atoms with E-state index in [4.69, 9.17) is 25.8 Å². The lowest BCUT2D eigenvalue weighted by atomic mass is 10.2. The van der Waals surface area contributed by atoms with Gasteiger partial charge in [-0.3, -0.25) is 4.79 Å². The number of benzene rings is 1. The monoisotopic (exact) mass is 394 g/mol. The first kappa shape index (κ1) is 21.5. The van der Waals surface area contributed by atoms with Crippen LogP contribution in [0.15, 0.2) is 12.1 Å². The molecule has 0 aliphatic rings. The van der Waals surface area contributed by atoms with Gasteiger partial charge in [0, 0.05) is 32.4 Å². The van der Waals surface area contributed by atoms with E-state index in [1.165, 1.54) is 33.5 Å². The van der Waals surface area contributed by atoms with Crippen molar-refractivity contribution in [1.82, 2.24) is 4.31 Å². The first-order valence-corrected chi connectivity index (χ1v) is 9.61. The van der Waals surface area contributed by atoms with Crippen LogP contribution in [-0.2, 0) is 19.6 Å². The van der Waals surface area contributed by atoms with Gasteiger partial charge in [-0.2, -0.15) is 4.31 Å². The molecule has 0 aliphatic carbocycles. The fourth-order valence-corrected chi connectivity index (χ4v) is 3.10. The van der Waals surface area contributed by atoms with Crippen molar-refractivity contribution in [3.63, 3.8) is 0 Å². The van der Waals surface area contributed by atoms with Gasteiger partial charge in [-0.15, -0.1) is 0 Å². The van der Waals surface area contributed by atoms with Gasteiger partial charge < -0.3 is 19.5 Å². The van der Waals surface area contributed by atoms with Gasteiger partial charge in [-0.05, 0) is 6.42 Å². The number of ether oxygens (including phenoxy) is 3. The van der Waals surface area contributed by atoms with Crippen LogP contribution in [-0.4, -0.2) is 65.9 Å². The molecule has 1 amide bonds. The molecule has 0 atom stereocenters. The molecular formula is C15H23ClN2O6S. The number of nitrogens with zero attached hydrogens (tertiary/aromatic N) is 1. The van der Waals surface area contributed by atoms with Crippen molar-refractivity contribution < 1.29 is 27.4 Å². The number of halogens is 1. The third kappa shape index (κ3) is 6.69. The Bertz CT molecular complexity index is 696. The summed E-state index contributed by atoms with van der Waals surface area (Å²) in [6.07, 6.45) is 1.54. The normalized spacial score (nSPS) is 11.4. The number of carbonyl (C=O) groups is 1. The summed E-state index contributed by atoms with van der Waals surface area (Å²) in [4.78, 5) is 12.3. The van der Waals surface area contributed by atoms with Crippen molar-refractivity contribution in [3.05, 3.63) is 17.2 Å². The molecule has 142 valence electrons. The highest BCUT2D eigenvalue weighted by atomic mass is 35.5. The highest BCUT2D eigenvalue weighted by molar-refractivity contribution is 7.88. The number of hydrogen-bond acceptors (Lipinski definition) is 6. The molecule has 1 rings (SSSR count). The Morgan fingerprint density at radius 2 is 1.84 bits per heavy atom. The third-order valence-corrected chi connectivity index (χ3v) is 4.84. The lowest BCUT2D eigenvalue weighted by Gasteiger charge is -2.20. The fraction of sp³-hybridized carbons (Fsp3) is 0.533. The molecule has 0 heterocycles. The third-order valence-electron chi connectivity index (χ3n) is 3.29. The molecule has 8 nitrogen and oxygen atoms in total. The van der Waals surface area contributed by atoms with Crippen molar-refractivity contribution in [2.24, 2.45) is 0 Å². The van der Waals surface area contributed by atoms with Crippen molar-refractivity contribution >= 4 is 33.2 Å². The molecule has 0 fully saturated rings. The van der Waals surface area contributed by atoms with Gasteiger partial charge in [0.15, 0.2) is 0 Å². The average molecular weight is 395 g/mol. The molecule has 1 aromatic carbocycles. The van der Waals surface area contributed by atoms with Gasteiger partial charge in [0.05, 0.1) is 37.7 Å². The molecule has 10 heteroatoms. The number of methoxy groups -OCH3 is 3. The number of sulfonamides is 1. The van der Waals surface area contributed by atoms with Crippen LogP contribution in [0.2, 0.25) is 5.02 Å². The Hall–Kier alpha value is -1.55. The van der Waals surface area contributed by atoms with E-state index >= 15 is 0 Å². The van der Waals surface area contributed by atoms with Gasteiger partial charge in [0.1, 0.15) is 11.5 Å². The van der Waals surface area contributed by atoms with E-state index in [1.54, 1.807) is 0 Å². The second kappa shape index (κ2) is 9.81. The highest BCUT2D eigenvalue weighted by Crippen LogP contribution is 2.35. The number of carbonyl (C=O) groups excluding carboxylic acids is 1. The van der Waals surface area contributed by atoms with Crippen LogP contribution in [0.1, 0.15) is 6.42 Å². The molecule has 1 N–H and O–H groups in total. The molecule has 0 aliphatic heterocycles. The van der Waals surface area contributed by atoms with Crippen LogP contribution in [0, 0.1) is 0 Å². The van der Waals surface area contributed by atoms with Crippen molar-refractivity contribution in [1.29, 1.82) is 0 Å². The van der Waals surface area contributed by atoms with Gasteiger partial charge >= 0.3 is 0 Å². The number of rotatable bonds is 10. The van der Waals surface area contributed by atoms with Gasteiger partial charge in [0.2, 0.25) is 15.9 Å². The summed E-state index contributed by atoms with van der Waals surface area (Å²) in [7, 11) is 0.874. The molecule has 0 radical (unpaired) electrons. The van der Waals surface area contributed by atoms with E-state index in [1.807, 2.05) is 0 Å². The Labute approximate surface area is 153 Å².